The molecule has 1 aliphatic rings. The molecule has 0 spiro atoms. The van der Waals surface area contributed by atoms with E-state index in [0.717, 1.165) is 0 Å². The first kappa shape index (κ1) is 18.4. The van der Waals surface area contributed by atoms with Crippen LogP contribution in [0.3, 0.4) is 0 Å². The molecule has 1 heterocycles. The molecule has 134 valence electrons. The molecule has 0 unspecified atom stereocenters. The van der Waals surface area contributed by atoms with Crippen molar-refractivity contribution in [2.45, 2.75) is 37.6 Å². The van der Waals surface area contributed by atoms with E-state index in [1.54, 1.807) is 6.92 Å². The van der Waals surface area contributed by atoms with Crippen molar-refractivity contribution in [3.8, 4) is 11.5 Å². The summed E-state index contributed by atoms with van der Waals surface area (Å²) in [6.07, 6.45) is -7.17. The Hall–Kier alpha value is -1.91. The van der Waals surface area contributed by atoms with Gasteiger partial charge >= 0.3 is 5.97 Å². The van der Waals surface area contributed by atoms with Crippen molar-refractivity contribution in [1.82, 2.24) is 0 Å². The molecule has 9 nitrogen and oxygen atoms in total. The third kappa shape index (κ3) is 3.77. The third-order valence-corrected chi connectivity index (χ3v) is 3.56. The number of carbonyl (C=O) groups excluding carboxylic acids is 1. The molecule has 5 N–H and O–H groups in total. The molecular formula is C15H20O9. The summed E-state index contributed by atoms with van der Waals surface area (Å²) in [6, 6.07) is 3.71. The first-order chi connectivity index (χ1) is 11.4. The average molecular weight is 344 g/mol. The summed E-state index contributed by atoms with van der Waals surface area (Å²) in [6.45, 7) is 1.15. The van der Waals surface area contributed by atoms with Crippen LogP contribution in [-0.4, -0.2) is 75.4 Å². The number of benzene rings is 1. The summed E-state index contributed by atoms with van der Waals surface area (Å²) < 4.78 is 15.4. The van der Waals surface area contributed by atoms with Gasteiger partial charge < -0.3 is 39.7 Å². The number of ether oxygens (including phenoxy) is 3. The van der Waals surface area contributed by atoms with Crippen LogP contribution in [0.25, 0.3) is 0 Å². The fourth-order valence-electron chi connectivity index (χ4n) is 2.26. The Morgan fingerprint density at radius 2 is 1.92 bits per heavy atom. The van der Waals surface area contributed by atoms with Crippen LogP contribution in [0.4, 0.5) is 0 Å². The van der Waals surface area contributed by atoms with Gasteiger partial charge in [0, 0.05) is 0 Å². The lowest BCUT2D eigenvalue weighted by Gasteiger charge is -2.39. The highest BCUT2D eigenvalue weighted by Gasteiger charge is 2.44. The van der Waals surface area contributed by atoms with Crippen LogP contribution in [-0.2, 0) is 9.47 Å². The number of hydrogen-bond acceptors (Lipinski definition) is 9. The zero-order valence-electron chi connectivity index (χ0n) is 12.9. The van der Waals surface area contributed by atoms with E-state index in [1.165, 1.54) is 18.2 Å². The van der Waals surface area contributed by atoms with Gasteiger partial charge in [-0.25, -0.2) is 4.79 Å². The predicted octanol–water partition coefficient (Wildman–Crippen LogP) is -1.25. The maximum absolute atomic E-state index is 11.7. The van der Waals surface area contributed by atoms with E-state index in [2.05, 4.69) is 0 Å². The lowest BCUT2D eigenvalue weighted by molar-refractivity contribution is -0.277. The molecule has 0 radical (unpaired) electrons. The number of rotatable bonds is 5. The van der Waals surface area contributed by atoms with E-state index in [0.29, 0.717) is 0 Å². The molecule has 0 amide bonds. The molecule has 1 aliphatic heterocycles. The molecule has 1 fully saturated rings. The van der Waals surface area contributed by atoms with Gasteiger partial charge in [0.25, 0.3) is 0 Å². The molecule has 1 aromatic carbocycles. The first-order valence-electron chi connectivity index (χ1n) is 7.36. The highest BCUT2D eigenvalue weighted by atomic mass is 16.7. The number of hydrogen-bond donors (Lipinski definition) is 5. The number of phenols is 1. The van der Waals surface area contributed by atoms with Crippen LogP contribution in [0.1, 0.15) is 17.3 Å². The van der Waals surface area contributed by atoms with Gasteiger partial charge in [0.15, 0.2) is 0 Å². The smallest absolute Gasteiger partial charge is 0.342 e. The molecule has 0 bridgehead atoms. The molecule has 9 heteroatoms. The predicted molar refractivity (Wildman–Crippen MR) is 78.5 cm³/mol. The van der Waals surface area contributed by atoms with E-state index in [1.807, 2.05) is 0 Å². The van der Waals surface area contributed by atoms with Gasteiger partial charge in [-0.2, -0.15) is 0 Å². The van der Waals surface area contributed by atoms with Gasteiger partial charge in [0.2, 0.25) is 6.29 Å². The van der Waals surface area contributed by atoms with Crippen molar-refractivity contribution < 1.29 is 44.5 Å². The molecule has 1 saturated heterocycles. The zero-order chi connectivity index (χ0) is 17.9. The lowest BCUT2D eigenvalue weighted by atomic mass is 9.99. The summed E-state index contributed by atoms with van der Waals surface area (Å²) in [5.74, 6) is -1.01. The monoisotopic (exact) mass is 344 g/mol. The number of aliphatic hydroxyl groups excluding tert-OH is 4. The summed E-state index contributed by atoms with van der Waals surface area (Å²) in [4.78, 5) is 11.7. The van der Waals surface area contributed by atoms with E-state index in [-0.39, 0.29) is 23.7 Å². The quantitative estimate of drug-likeness (QED) is 0.413. The second kappa shape index (κ2) is 7.77. The first-order valence-corrected chi connectivity index (χ1v) is 7.36. The van der Waals surface area contributed by atoms with Crippen LogP contribution in [0.5, 0.6) is 11.5 Å². The Morgan fingerprint density at radius 1 is 1.21 bits per heavy atom. The van der Waals surface area contributed by atoms with Crippen LogP contribution in [0, 0.1) is 0 Å². The molecule has 1 aromatic rings. The molecule has 2 rings (SSSR count). The fraction of sp³-hybridized carbons (Fsp3) is 0.533. The Kier molecular flexibility index (Phi) is 5.97. The average Bonchev–Trinajstić information content (AvgIpc) is 2.57. The van der Waals surface area contributed by atoms with Crippen LogP contribution < -0.4 is 4.74 Å². The van der Waals surface area contributed by atoms with Crippen molar-refractivity contribution in [3.63, 3.8) is 0 Å². The molecule has 5 atom stereocenters. The van der Waals surface area contributed by atoms with Gasteiger partial charge in [-0.15, -0.1) is 0 Å². The zero-order valence-corrected chi connectivity index (χ0v) is 12.9. The van der Waals surface area contributed by atoms with Crippen molar-refractivity contribution in [1.29, 1.82) is 0 Å². The van der Waals surface area contributed by atoms with Crippen molar-refractivity contribution in [3.05, 3.63) is 23.8 Å². The van der Waals surface area contributed by atoms with Crippen LogP contribution in [0.15, 0.2) is 18.2 Å². The SMILES string of the molecule is CCOC(=O)c1cc(O[C@@H]2O[C@H](CO)[C@@H](O)[C@H](O)[C@H]2O)ccc1O. The third-order valence-electron chi connectivity index (χ3n) is 3.56. The fourth-order valence-corrected chi connectivity index (χ4v) is 2.26. The summed E-state index contributed by atoms with van der Waals surface area (Å²) in [5.41, 5.74) is -0.140. The van der Waals surface area contributed by atoms with Gasteiger partial charge in [-0.05, 0) is 25.1 Å². The molecule has 0 saturated carbocycles. The highest BCUT2D eigenvalue weighted by Crippen LogP contribution is 2.28. The van der Waals surface area contributed by atoms with E-state index >= 15 is 0 Å². The molecule has 24 heavy (non-hydrogen) atoms. The number of aromatic hydroxyl groups is 1. The van der Waals surface area contributed by atoms with E-state index in [4.69, 9.17) is 19.3 Å². The standard InChI is InChI=1S/C15H20O9/c1-2-22-14(21)8-5-7(3-4-9(8)17)23-15-13(20)12(19)11(18)10(6-16)24-15/h3-5,10-13,15-20H,2,6H2,1H3/t10-,11-,12+,13-,15-/m1/s1. The maximum atomic E-state index is 11.7. The minimum absolute atomic E-state index is 0.0557. The second-order valence-corrected chi connectivity index (χ2v) is 5.21. The van der Waals surface area contributed by atoms with Gasteiger partial charge in [0.05, 0.1) is 13.2 Å². The minimum atomic E-state index is -1.58. The maximum Gasteiger partial charge on any atom is 0.342 e. The van der Waals surface area contributed by atoms with Gasteiger partial charge in [-0.3, -0.25) is 0 Å². The van der Waals surface area contributed by atoms with Gasteiger partial charge in [-0.1, -0.05) is 0 Å². The van der Waals surface area contributed by atoms with Crippen molar-refractivity contribution in [2.24, 2.45) is 0 Å². The number of phenolic OH excluding ortho intramolecular Hbond substituents is 1. The summed E-state index contributed by atoms with van der Waals surface area (Å²) >= 11 is 0. The van der Waals surface area contributed by atoms with E-state index in [9.17, 15) is 25.2 Å². The number of carbonyl (C=O) groups is 1. The largest absolute Gasteiger partial charge is 0.507 e. The second-order valence-electron chi connectivity index (χ2n) is 5.21. The lowest BCUT2D eigenvalue weighted by Crippen LogP contribution is -2.60. The van der Waals surface area contributed by atoms with E-state index < -0.39 is 43.3 Å². The topological polar surface area (TPSA) is 146 Å². The summed E-state index contributed by atoms with van der Waals surface area (Å²) in [7, 11) is 0. The van der Waals surface area contributed by atoms with Crippen LogP contribution >= 0.6 is 0 Å². The number of esters is 1. The Labute approximate surface area is 137 Å². The Bertz CT molecular complexity index is 574. The van der Waals surface area contributed by atoms with Crippen molar-refractivity contribution >= 4 is 5.97 Å². The Morgan fingerprint density at radius 3 is 2.54 bits per heavy atom. The molecule has 0 aliphatic carbocycles. The number of aliphatic hydroxyl groups is 4. The normalized spacial score (nSPS) is 30.0. The minimum Gasteiger partial charge on any atom is -0.507 e. The van der Waals surface area contributed by atoms with Gasteiger partial charge in [0.1, 0.15) is 41.5 Å². The van der Waals surface area contributed by atoms with Crippen LogP contribution in [0.2, 0.25) is 0 Å². The molecular weight excluding hydrogens is 324 g/mol. The van der Waals surface area contributed by atoms with Crippen molar-refractivity contribution in [2.75, 3.05) is 13.2 Å². The summed E-state index contributed by atoms with van der Waals surface area (Å²) in [5, 5.41) is 48.2. The molecule has 0 aromatic heterocycles. The highest BCUT2D eigenvalue weighted by molar-refractivity contribution is 5.92. The Balaban J connectivity index is 2.18.